The number of aromatic nitrogens is 1. The van der Waals surface area contributed by atoms with Gasteiger partial charge < -0.3 is 10.4 Å². The van der Waals surface area contributed by atoms with Crippen LogP contribution in [-0.4, -0.2) is 28.2 Å². The van der Waals surface area contributed by atoms with E-state index in [1.54, 1.807) is 0 Å². The summed E-state index contributed by atoms with van der Waals surface area (Å²) < 4.78 is 0. The molecule has 0 saturated carbocycles. The van der Waals surface area contributed by atoms with E-state index in [2.05, 4.69) is 17.2 Å². The fourth-order valence-electron chi connectivity index (χ4n) is 1.82. The zero-order chi connectivity index (χ0) is 13.4. The Hall–Kier alpha value is -1.69. The fourth-order valence-corrected chi connectivity index (χ4v) is 1.82. The summed E-state index contributed by atoms with van der Waals surface area (Å²) in [6.07, 6.45) is 4.22. The Morgan fingerprint density at radius 3 is 2.94 bits per heavy atom. The average Bonchev–Trinajstić information content (AvgIpc) is 2.37. The van der Waals surface area contributed by atoms with E-state index in [9.17, 15) is 10.1 Å². The molecule has 6 heteroatoms. The molecule has 0 aliphatic rings. The van der Waals surface area contributed by atoms with Crippen molar-refractivity contribution in [2.75, 3.05) is 18.5 Å². The van der Waals surface area contributed by atoms with Crippen LogP contribution in [0.5, 0.6) is 0 Å². The molecule has 0 aliphatic heterocycles. The van der Waals surface area contributed by atoms with Crippen LogP contribution in [0.25, 0.3) is 0 Å². The highest BCUT2D eigenvalue weighted by atomic mass is 16.6. The number of aliphatic hydroxyl groups excluding tert-OH is 1. The second kappa shape index (κ2) is 7.60. The summed E-state index contributed by atoms with van der Waals surface area (Å²) in [6.45, 7) is 2.92. The Kier molecular flexibility index (Phi) is 6.07. The van der Waals surface area contributed by atoms with Crippen LogP contribution in [0.3, 0.4) is 0 Å². The van der Waals surface area contributed by atoms with Gasteiger partial charge in [0.05, 0.1) is 11.0 Å². The molecule has 1 atom stereocenters. The highest BCUT2D eigenvalue weighted by molar-refractivity contribution is 5.44. The van der Waals surface area contributed by atoms with E-state index in [0.717, 1.165) is 19.3 Å². The lowest BCUT2D eigenvalue weighted by Gasteiger charge is -2.15. The number of aliphatic hydroxyl groups is 1. The lowest BCUT2D eigenvalue weighted by atomic mass is 10.0. The molecule has 0 aromatic carbocycles. The van der Waals surface area contributed by atoms with E-state index in [1.807, 2.05) is 0 Å². The van der Waals surface area contributed by atoms with Gasteiger partial charge in [0.2, 0.25) is 0 Å². The first-order chi connectivity index (χ1) is 8.67. The third-order valence-electron chi connectivity index (χ3n) is 2.76. The minimum atomic E-state index is -0.440. The molecule has 0 radical (unpaired) electrons. The van der Waals surface area contributed by atoms with Gasteiger partial charge >= 0.3 is 0 Å². The van der Waals surface area contributed by atoms with Crippen molar-refractivity contribution in [3.63, 3.8) is 0 Å². The van der Waals surface area contributed by atoms with Crippen molar-refractivity contribution in [2.24, 2.45) is 5.92 Å². The van der Waals surface area contributed by atoms with Gasteiger partial charge in [-0.3, -0.25) is 10.1 Å². The fraction of sp³-hybridized carbons (Fsp3) is 0.583. The Bertz CT molecular complexity index is 379. The smallest absolute Gasteiger partial charge is 0.274 e. The van der Waals surface area contributed by atoms with Gasteiger partial charge in [-0.25, -0.2) is 4.98 Å². The van der Waals surface area contributed by atoms with E-state index >= 15 is 0 Å². The van der Waals surface area contributed by atoms with Crippen molar-refractivity contribution >= 4 is 11.5 Å². The van der Waals surface area contributed by atoms with Crippen LogP contribution in [0.15, 0.2) is 18.3 Å². The summed E-state index contributed by atoms with van der Waals surface area (Å²) in [5.41, 5.74) is 0.0294. The monoisotopic (exact) mass is 253 g/mol. The summed E-state index contributed by atoms with van der Waals surface area (Å²) in [5.74, 6) is 0.865. The number of hydrogen-bond acceptors (Lipinski definition) is 5. The minimum Gasteiger partial charge on any atom is -0.396 e. The Labute approximate surface area is 106 Å². The van der Waals surface area contributed by atoms with E-state index in [-0.39, 0.29) is 12.3 Å². The number of nitrogens with one attached hydrogen (secondary N) is 1. The minimum absolute atomic E-state index is 0.0294. The molecular formula is C12H19N3O3. The average molecular weight is 253 g/mol. The van der Waals surface area contributed by atoms with Crippen LogP contribution in [-0.2, 0) is 0 Å². The molecule has 0 spiro atoms. The van der Waals surface area contributed by atoms with Crippen LogP contribution in [0.1, 0.15) is 26.2 Å². The van der Waals surface area contributed by atoms with Gasteiger partial charge in [0.15, 0.2) is 0 Å². The largest absolute Gasteiger partial charge is 0.396 e. The summed E-state index contributed by atoms with van der Waals surface area (Å²) >= 11 is 0. The van der Waals surface area contributed by atoms with E-state index in [4.69, 9.17) is 5.11 Å². The Morgan fingerprint density at radius 2 is 2.33 bits per heavy atom. The first-order valence-corrected chi connectivity index (χ1v) is 6.12. The van der Waals surface area contributed by atoms with Gasteiger partial charge in [-0.15, -0.1) is 0 Å². The predicted molar refractivity (Wildman–Crippen MR) is 69.5 cm³/mol. The van der Waals surface area contributed by atoms with Gasteiger partial charge in [-0.1, -0.05) is 13.3 Å². The predicted octanol–water partition coefficient (Wildman–Crippen LogP) is 2.20. The SMILES string of the molecule is CCCC(CCO)CNc1cc([N+](=O)[O-])ccn1. The van der Waals surface area contributed by atoms with Gasteiger partial charge in [0, 0.05) is 25.4 Å². The lowest BCUT2D eigenvalue weighted by Crippen LogP contribution is -2.16. The number of rotatable bonds is 8. The van der Waals surface area contributed by atoms with Gasteiger partial charge in [-0.05, 0) is 18.8 Å². The second-order valence-electron chi connectivity index (χ2n) is 4.20. The van der Waals surface area contributed by atoms with Gasteiger partial charge in [-0.2, -0.15) is 0 Å². The molecule has 1 unspecified atom stereocenters. The molecule has 0 amide bonds. The normalized spacial score (nSPS) is 12.1. The summed E-state index contributed by atoms with van der Waals surface area (Å²) in [7, 11) is 0. The van der Waals surface area contributed by atoms with Crippen LogP contribution >= 0.6 is 0 Å². The summed E-state index contributed by atoms with van der Waals surface area (Å²) in [6, 6.07) is 2.78. The van der Waals surface area contributed by atoms with Crippen LogP contribution in [0, 0.1) is 16.0 Å². The Balaban J connectivity index is 2.55. The molecule has 2 N–H and O–H groups in total. The summed E-state index contributed by atoms with van der Waals surface area (Å²) in [4.78, 5) is 14.2. The van der Waals surface area contributed by atoms with Crippen LogP contribution in [0.2, 0.25) is 0 Å². The molecule has 1 aromatic rings. The topological polar surface area (TPSA) is 88.3 Å². The van der Waals surface area contributed by atoms with Crippen LogP contribution < -0.4 is 5.32 Å². The molecule has 1 heterocycles. The van der Waals surface area contributed by atoms with Crippen molar-refractivity contribution in [1.29, 1.82) is 0 Å². The van der Waals surface area contributed by atoms with Crippen LogP contribution in [0.4, 0.5) is 11.5 Å². The molecular weight excluding hydrogens is 234 g/mol. The molecule has 0 saturated heterocycles. The standard InChI is InChI=1S/C12H19N3O3/c1-2-3-10(5-7-16)9-14-12-8-11(15(17)18)4-6-13-12/h4,6,8,10,16H,2-3,5,7,9H2,1H3,(H,13,14). The number of anilines is 1. The maximum absolute atomic E-state index is 10.6. The van der Waals surface area contributed by atoms with Crippen molar-refractivity contribution in [2.45, 2.75) is 26.2 Å². The van der Waals surface area contributed by atoms with E-state index in [1.165, 1.54) is 18.3 Å². The van der Waals surface area contributed by atoms with Crippen molar-refractivity contribution in [3.8, 4) is 0 Å². The number of pyridine rings is 1. The van der Waals surface area contributed by atoms with Crippen molar-refractivity contribution < 1.29 is 10.0 Å². The van der Waals surface area contributed by atoms with Crippen molar-refractivity contribution in [3.05, 3.63) is 28.4 Å². The molecule has 0 aliphatic carbocycles. The number of hydrogen-bond donors (Lipinski definition) is 2. The quantitative estimate of drug-likeness (QED) is 0.547. The molecule has 0 fully saturated rings. The Morgan fingerprint density at radius 1 is 1.56 bits per heavy atom. The third kappa shape index (κ3) is 4.67. The first kappa shape index (κ1) is 14.4. The molecule has 6 nitrogen and oxygen atoms in total. The maximum Gasteiger partial charge on any atom is 0.274 e. The molecule has 0 bridgehead atoms. The lowest BCUT2D eigenvalue weighted by molar-refractivity contribution is -0.384. The highest BCUT2D eigenvalue weighted by Crippen LogP contribution is 2.16. The number of nitrogens with zero attached hydrogens (tertiary/aromatic N) is 2. The maximum atomic E-state index is 10.6. The zero-order valence-electron chi connectivity index (χ0n) is 10.5. The second-order valence-corrected chi connectivity index (χ2v) is 4.20. The van der Waals surface area contributed by atoms with E-state index < -0.39 is 4.92 Å². The number of nitro groups is 1. The molecule has 100 valence electrons. The first-order valence-electron chi connectivity index (χ1n) is 6.12. The van der Waals surface area contributed by atoms with Gasteiger partial charge in [0.1, 0.15) is 5.82 Å². The molecule has 18 heavy (non-hydrogen) atoms. The van der Waals surface area contributed by atoms with Gasteiger partial charge in [0.25, 0.3) is 5.69 Å². The van der Waals surface area contributed by atoms with Crippen molar-refractivity contribution in [1.82, 2.24) is 4.98 Å². The molecule has 1 aromatic heterocycles. The van der Waals surface area contributed by atoms with E-state index in [0.29, 0.717) is 18.3 Å². The summed E-state index contributed by atoms with van der Waals surface area (Å²) in [5, 5.41) is 22.6. The third-order valence-corrected chi connectivity index (χ3v) is 2.76. The zero-order valence-corrected chi connectivity index (χ0v) is 10.5. The molecule has 1 rings (SSSR count). The highest BCUT2D eigenvalue weighted by Gasteiger charge is 2.09.